The zero-order valence-electron chi connectivity index (χ0n) is 10.6. The van der Waals surface area contributed by atoms with Crippen LogP contribution in [-0.4, -0.2) is 37.1 Å². The first-order chi connectivity index (χ1) is 9.43. The van der Waals surface area contributed by atoms with Gasteiger partial charge in [-0.15, -0.1) is 5.10 Å². The number of nitrogens with zero attached hydrogens (tertiary/aromatic N) is 3. The minimum Gasteiger partial charge on any atom is -0.478 e. The van der Waals surface area contributed by atoms with E-state index in [0.717, 1.165) is 6.07 Å². The van der Waals surface area contributed by atoms with Crippen LogP contribution in [0.25, 0.3) is 5.69 Å². The second kappa shape index (κ2) is 5.10. The SMILES string of the molecule is Cc1c(CN)nnn1-c1cc(C(=O)O)cc(C(=O)O)c1. The summed E-state index contributed by atoms with van der Waals surface area (Å²) >= 11 is 0. The van der Waals surface area contributed by atoms with Gasteiger partial charge in [0.05, 0.1) is 28.2 Å². The number of nitrogens with two attached hydrogens (primary N) is 1. The Hall–Kier alpha value is -2.74. The van der Waals surface area contributed by atoms with Gasteiger partial charge in [0.25, 0.3) is 0 Å². The first-order valence-electron chi connectivity index (χ1n) is 5.67. The van der Waals surface area contributed by atoms with Crippen LogP contribution in [0, 0.1) is 6.92 Å². The lowest BCUT2D eigenvalue weighted by molar-refractivity contribution is 0.0696. The van der Waals surface area contributed by atoms with Gasteiger partial charge in [0.2, 0.25) is 0 Å². The van der Waals surface area contributed by atoms with Crippen molar-refractivity contribution in [2.45, 2.75) is 13.5 Å². The molecule has 1 heterocycles. The van der Waals surface area contributed by atoms with Gasteiger partial charge >= 0.3 is 11.9 Å². The van der Waals surface area contributed by atoms with Crippen LogP contribution in [0.1, 0.15) is 32.1 Å². The minimum absolute atomic E-state index is 0.135. The predicted molar refractivity (Wildman–Crippen MR) is 67.9 cm³/mol. The summed E-state index contributed by atoms with van der Waals surface area (Å²) < 4.78 is 1.36. The highest BCUT2D eigenvalue weighted by Crippen LogP contribution is 2.17. The maximum atomic E-state index is 11.0. The molecule has 8 nitrogen and oxygen atoms in total. The number of carbonyl (C=O) groups is 2. The smallest absolute Gasteiger partial charge is 0.335 e. The summed E-state index contributed by atoms with van der Waals surface area (Å²) in [7, 11) is 0. The molecule has 0 atom stereocenters. The van der Waals surface area contributed by atoms with Crippen molar-refractivity contribution in [3.05, 3.63) is 40.7 Å². The number of benzene rings is 1. The van der Waals surface area contributed by atoms with E-state index in [1.165, 1.54) is 16.8 Å². The van der Waals surface area contributed by atoms with Gasteiger partial charge in [-0.05, 0) is 25.1 Å². The Morgan fingerprint density at radius 3 is 2.15 bits per heavy atom. The molecule has 0 fully saturated rings. The van der Waals surface area contributed by atoms with Crippen LogP contribution in [0.3, 0.4) is 0 Å². The zero-order chi connectivity index (χ0) is 14.9. The highest BCUT2D eigenvalue weighted by Gasteiger charge is 2.15. The highest BCUT2D eigenvalue weighted by molar-refractivity contribution is 5.94. The number of aromatic carboxylic acids is 2. The Balaban J connectivity index is 2.63. The molecule has 0 bridgehead atoms. The minimum atomic E-state index is -1.22. The molecule has 0 aliphatic rings. The summed E-state index contributed by atoms with van der Waals surface area (Å²) in [6.45, 7) is 1.91. The average Bonchev–Trinajstić information content (AvgIpc) is 2.79. The van der Waals surface area contributed by atoms with Crippen molar-refractivity contribution in [3.8, 4) is 5.69 Å². The van der Waals surface area contributed by atoms with E-state index in [9.17, 15) is 9.59 Å². The van der Waals surface area contributed by atoms with Crippen molar-refractivity contribution in [3.63, 3.8) is 0 Å². The molecule has 0 unspecified atom stereocenters. The fraction of sp³-hybridized carbons (Fsp3) is 0.167. The van der Waals surface area contributed by atoms with Crippen LogP contribution in [0.15, 0.2) is 18.2 Å². The summed E-state index contributed by atoms with van der Waals surface area (Å²) in [5.41, 5.74) is 6.72. The van der Waals surface area contributed by atoms with Crippen molar-refractivity contribution in [1.29, 1.82) is 0 Å². The fourth-order valence-electron chi connectivity index (χ4n) is 1.77. The summed E-state index contributed by atoms with van der Waals surface area (Å²) in [6, 6.07) is 3.75. The van der Waals surface area contributed by atoms with E-state index in [4.69, 9.17) is 15.9 Å². The first kappa shape index (κ1) is 13.7. The molecule has 0 amide bonds. The lowest BCUT2D eigenvalue weighted by Gasteiger charge is -2.07. The summed E-state index contributed by atoms with van der Waals surface area (Å²) in [5.74, 6) is -2.43. The normalized spacial score (nSPS) is 10.5. The van der Waals surface area contributed by atoms with Crippen molar-refractivity contribution in [2.75, 3.05) is 0 Å². The van der Waals surface area contributed by atoms with Gasteiger partial charge in [-0.1, -0.05) is 5.21 Å². The first-order valence-corrected chi connectivity index (χ1v) is 5.67. The Bertz CT molecular complexity index is 661. The summed E-state index contributed by atoms with van der Waals surface area (Å²) in [5, 5.41) is 25.8. The molecule has 0 aliphatic heterocycles. The molecule has 1 aromatic carbocycles. The molecule has 0 spiro atoms. The molecule has 2 rings (SSSR count). The van der Waals surface area contributed by atoms with Crippen molar-refractivity contribution in [2.24, 2.45) is 5.73 Å². The van der Waals surface area contributed by atoms with Crippen LogP contribution < -0.4 is 5.73 Å². The van der Waals surface area contributed by atoms with Crippen molar-refractivity contribution >= 4 is 11.9 Å². The molecule has 0 aliphatic carbocycles. The monoisotopic (exact) mass is 276 g/mol. The molecule has 1 aromatic heterocycles. The molecule has 2 aromatic rings. The summed E-state index contributed by atoms with van der Waals surface area (Å²) in [4.78, 5) is 22.1. The van der Waals surface area contributed by atoms with Gasteiger partial charge in [0.15, 0.2) is 0 Å². The molecule has 104 valence electrons. The van der Waals surface area contributed by atoms with Crippen LogP contribution >= 0.6 is 0 Å². The second-order valence-electron chi connectivity index (χ2n) is 4.12. The molecule has 8 heteroatoms. The lowest BCUT2D eigenvalue weighted by Crippen LogP contribution is -2.08. The number of rotatable bonds is 4. The van der Waals surface area contributed by atoms with Gasteiger partial charge in [0.1, 0.15) is 0 Å². The van der Waals surface area contributed by atoms with Crippen LogP contribution in [0.2, 0.25) is 0 Å². The number of hydrogen-bond acceptors (Lipinski definition) is 5. The van der Waals surface area contributed by atoms with E-state index in [-0.39, 0.29) is 17.7 Å². The molecular weight excluding hydrogens is 264 g/mol. The standard InChI is InChI=1S/C12H12N4O4/c1-6-10(5-13)14-15-16(6)9-3-7(11(17)18)2-8(4-9)12(19)20/h2-4H,5,13H2,1H3,(H,17,18)(H,19,20). The van der Waals surface area contributed by atoms with E-state index < -0.39 is 11.9 Å². The van der Waals surface area contributed by atoms with Gasteiger partial charge in [-0.3, -0.25) is 0 Å². The third-order valence-corrected chi connectivity index (χ3v) is 2.84. The van der Waals surface area contributed by atoms with E-state index >= 15 is 0 Å². The van der Waals surface area contributed by atoms with E-state index in [0.29, 0.717) is 17.1 Å². The number of carboxylic acid groups (broad SMARTS) is 2. The molecule has 0 radical (unpaired) electrons. The third kappa shape index (κ3) is 2.36. The van der Waals surface area contributed by atoms with Gasteiger partial charge < -0.3 is 15.9 Å². The van der Waals surface area contributed by atoms with Gasteiger partial charge in [-0.2, -0.15) is 0 Å². The third-order valence-electron chi connectivity index (χ3n) is 2.84. The van der Waals surface area contributed by atoms with Crippen LogP contribution in [-0.2, 0) is 6.54 Å². The Labute approximate surface area is 113 Å². The van der Waals surface area contributed by atoms with Crippen molar-refractivity contribution in [1.82, 2.24) is 15.0 Å². The Kier molecular flexibility index (Phi) is 3.49. The number of carboxylic acids is 2. The van der Waals surface area contributed by atoms with Gasteiger partial charge in [-0.25, -0.2) is 14.3 Å². The van der Waals surface area contributed by atoms with E-state index in [1.54, 1.807) is 6.92 Å². The van der Waals surface area contributed by atoms with E-state index in [1.807, 2.05) is 0 Å². The largest absolute Gasteiger partial charge is 0.478 e. The number of aromatic nitrogens is 3. The molecule has 0 saturated carbocycles. The Morgan fingerprint density at radius 2 is 1.75 bits per heavy atom. The quantitative estimate of drug-likeness (QED) is 0.737. The number of hydrogen-bond donors (Lipinski definition) is 3. The maximum Gasteiger partial charge on any atom is 0.335 e. The average molecular weight is 276 g/mol. The Morgan fingerprint density at radius 1 is 1.20 bits per heavy atom. The molecule has 4 N–H and O–H groups in total. The summed E-state index contributed by atoms with van der Waals surface area (Å²) in [6.07, 6.45) is 0. The predicted octanol–water partition coefficient (Wildman–Crippen LogP) is 0.431. The lowest BCUT2D eigenvalue weighted by atomic mass is 10.1. The molecular formula is C12H12N4O4. The van der Waals surface area contributed by atoms with E-state index in [2.05, 4.69) is 10.3 Å². The van der Waals surface area contributed by atoms with Crippen LogP contribution in [0.5, 0.6) is 0 Å². The fourth-order valence-corrected chi connectivity index (χ4v) is 1.77. The molecule has 0 saturated heterocycles. The van der Waals surface area contributed by atoms with Crippen LogP contribution in [0.4, 0.5) is 0 Å². The zero-order valence-corrected chi connectivity index (χ0v) is 10.6. The van der Waals surface area contributed by atoms with Crippen molar-refractivity contribution < 1.29 is 19.8 Å². The highest BCUT2D eigenvalue weighted by atomic mass is 16.4. The van der Waals surface area contributed by atoms with Gasteiger partial charge in [0, 0.05) is 6.54 Å². The molecule has 20 heavy (non-hydrogen) atoms. The topological polar surface area (TPSA) is 131 Å². The second-order valence-corrected chi connectivity index (χ2v) is 4.12. The maximum absolute atomic E-state index is 11.0.